The average Bonchev–Trinajstić information content (AvgIpc) is 2.55. The van der Waals surface area contributed by atoms with Crippen LogP contribution in [-0.2, 0) is 0 Å². The van der Waals surface area contributed by atoms with Crippen LogP contribution in [0, 0.1) is 0 Å². The van der Waals surface area contributed by atoms with Gasteiger partial charge in [0.05, 0.1) is 7.11 Å². The first kappa shape index (κ1) is 15.4. The van der Waals surface area contributed by atoms with Gasteiger partial charge in [0.2, 0.25) is 0 Å². The molecule has 0 unspecified atom stereocenters. The Kier molecular flexibility index (Phi) is 4.48. The third-order valence-electron chi connectivity index (χ3n) is 3.43. The van der Waals surface area contributed by atoms with Crippen molar-refractivity contribution in [3.63, 3.8) is 0 Å². The molecule has 3 aromatic rings. The number of amides is 2. The third kappa shape index (κ3) is 3.63. The maximum Gasteiger partial charge on any atom is 0.323 e. The summed E-state index contributed by atoms with van der Waals surface area (Å²) in [6.45, 7) is 0. The van der Waals surface area contributed by atoms with Crippen LogP contribution in [0.15, 0.2) is 65.1 Å². The van der Waals surface area contributed by atoms with Crippen molar-refractivity contribution < 1.29 is 9.53 Å². The van der Waals surface area contributed by atoms with Crippen molar-refractivity contribution in [1.82, 2.24) is 0 Å². The van der Waals surface area contributed by atoms with Crippen LogP contribution in [0.5, 0.6) is 5.75 Å². The highest BCUT2D eigenvalue weighted by molar-refractivity contribution is 9.10. The van der Waals surface area contributed by atoms with Crippen molar-refractivity contribution >= 4 is 44.1 Å². The van der Waals surface area contributed by atoms with Crippen molar-refractivity contribution in [3.05, 3.63) is 65.1 Å². The molecule has 4 nitrogen and oxygen atoms in total. The number of benzene rings is 3. The smallest absolute Gasteiger partial charge is 0.323 e. The molecule has 5 heteroatoms. The molecule has 3 rings (SSSR count). The highest BCUT2D eigenvalue weighted by Gasteiger charge is 2.05. The van der Waals surface area contributed by atoms with Crippen LogP contribution in [0.3, 0.4) is 0 Å². The number of carbonyl (C=O) groups is 1. The number of nitrogens with one attached hydrogen (secondary N) is 2. The van der Waals surface area contributed by atoms with Gasteiger partial charge >= 0.3 is 6.03 Å². The van der Waals surface area contributed by atoms with Gasteiger partial charge < -0.3 is 15.4 Å². The summed E-state index contributed by atoms with van der Waals surface area (Å²) in [5.41, 5.74) is 1.44. The van der Waals surface area contributed by atoms with E-state index >= 15 is 0 Å². The van der Waals surface area contributed by atoms with E-state index in [0.717, 1.165) is 26.7 Å². The van der Waals surface area contributed by atoms with E-state index in [1.807, 2.05) is 36.4 Å². The van der Waals surface area contributed by atoms with Crippen molar-refractivity contribution in [3.8, 4) is 5.75 Å². The van der Waals surface area contributed by atoms with Gasteiger partial charge in [-0.1, -0.05) is 34.1 Å². The van der Waals surface area contributed by atoms with E-state index in [9.17, 15) is 4.79 Å². The number of rotatable bonds is 3. The van der Waals surface area contributed by atoms with Gasteiger partial charge in [-0.25, -0.2) is 4.79 Å². The van der Waals surface area contributed by atoms with Gasteiger partial charge in [0, 0.05) is 15.8 Å². The summed E-state index contributed by atoms with van der Waals surface area (Å²) in [4.78, 5) is 12.1. The number of urea groups is 1. The zero-order valence-corrected chi connectivity index (χ0v) is 14.1. The van der Waals surface area contributed by atoms with Crippen LogP contribution in [0.25, 0.3) is 10.8 Å². The Morgan fingerprint density at radius 1 is 0.957 bits per heavy atom. The van der Waals surface area contributed by atoms with Crippen LogP contribution in [-0.4, -0.2) is 13.1 Å². The van der Waals surface area contributed by atoms with Crippen LogP contribution >= 0.6 is 15.9 Å². The fraction of sp³-hybridized carbons (Fsp3) is 0.0556. The molecule has 0 saturated carbocycles. The molecule has 0 bridgehead atoms. The second kappa shape index (κ2) is 6.71. The summed E-state index contributed by atoms with van der Waals surface area (Å²) in [6, 6.07) is 18.6. The lowest BCUT2D eigenvalue weighted by Gasteiger charge is -2.09. The van der Waals surface area contributed by atoms with E-state index in [1.165, 1.54) is 0 Å². The molecule has 0 aliphatic heterocycles. The van der Waals surface area contributed by atoms with E-state index < -0.39 is 0 Å². The van der Waals surface area contributed by atoms with Gasteiger partial charge in [0.1, 0.15) is 5.75 Å². The molecule has 3 aromatic carbocycles. The Morgan fingerprint density at radius 3 is 2.39 bits per heavy atom. The normalized spacial score (nSPS) is 10.3. The standard InChI is InChI=1S/C18H15BrN2O2/c1-23-15-8-5-13(6-9-15)20-18(22)21-14-7-10-16-12(11-14)3-2-4-17(16)19/h2-11H,1H3,(H2,20,21,22). The van der Waals surface area contributed by atoms with Gasteiger partial charge in [0.25, 0.3) is 0 Å². The van der Waals surface area contributed by atoms with Crippen LogP contribution < -0.4 is 15.4 Å². The number of ether oxygens (including phenoxy) is 1. The molecule has 0 atom stereocenters. The monoisotopic (exact) mass is 370 g/mol. The molecule has 0 heterocycles. The van der Waals surface area contributed by atoms with Crippen molar-refractivity contribution in [2.45, 2.75) is 0 Å². The number of anilines is 2. The Balaban J connectivity index is 1.72. The topological polar surface area (TPSA) is 50.4 Å². The van der Waals surface area contributed by atoms with E-state index in [-0.39, 0.29) is 6.03 Å². The van der Waals surface area contributed by atoms with Gasteiger partial charge in [-0.05, 0) is 53.2 Å². The Hall–Kier alpha value is -2.53. The van der Waals surface area contributed by atoms with Crippen LogP contribution in [0.1, 0.15) is 0 Å². The number of methoxy groups -OCH3 is 1. The Labute approximate surface area is 142 Å². The molecular weight excluding hydrogens is 356 g/mol. The second-order valence-corrected chi connectivity index (χ2v) is 5.84. The molecule has 0 saturated heterocycles. The molecule has 0 fully saturated rings. The maximum absolute atomic E-state index is 12.1. The molecule has 116 valence electrons. The highest BCUT2D eigenvalue weighted by Crippen LogP contribution is 2.26. The molecule has 2 amide bonds. The molecule has 0 aliphatic rings. The van der Waals surface area contributed by atoms with Crippen molar-refractivity contribution in [1.29, 1.82) is 0 Å². The molecule has 0 spiro atoms. The summed E-state index contributed by atoms with van der Waals surface area (Å²) in [5, 5.41) is 7.78. The van der Waals surface area contributed by atoms with Gasteiger partial charge in [0.15, 0.2) is 0 Å². The van der Waals surface area contributed by atoms with Crippen molar-refractivity contribution in [2.75, 3.05) is 17.7 Å². The summed E-state index contributed by atoms with van der Waals surface area (Å²) >= 11 is 3.52. The van der Waals surface area contributed by atoms with Gasteiger partial charge in [-0.2, -0.15) is 0 Å². The van der Waals surface area contributed by atoms with Crippen LogP contribution in [0.2, 0.25) is 0 Å². The quantitative estimate of drug-likeness (QED) is 0.660. The predicted molar refractivity (Wildman–Crippen MR) is 97.3 cm³/mol. The highest BCUT2D eigenvalue weighted by atomic mass is 79.9. The lowest BCUT2D eigenvalue weighted by atomic mass is 10.1. The first-order valence-electron chi connectivity index (χ1n) is 7.06. The zero-order valence-electron chi connectivity index (χ0n) is 12.5. The lowest BCUT2D eigenvalue weighted by molar-refractivity contribution is 0.262. The minimum absolute atomic E-state index is 0.287. The molecule has 23 heavy (non-hydrogen) atoms. The number of fused-ring (bicyclic) bond motifs is 1. The molecular formula is C18H15BrN2O2. The third-order valence-corrected chi connectivity index (χ3v) is 4.12. The number of hydrogen-bond acceptors (Lipinski definition) is 2. The largest absolute Gasteiger partial charge is 0.497 e. The summed E-state index contributed by atoms with van der Waals surface area (Å²) in [5.74, 6) is 0.746. The summed E-state index contributed by atoms with van der Waals surface area (Å²) in [7, 11) is 1.60. The van der Waals surface area contributed by atoms with Gasteiger partial charge in [-0.3, -0.25) is 0 Å². The van der Waals surface area contributed by atoms with Crippen molar-refractivity contribution in [2.24, 2.45) is 0 Å². The molecule has 0 radical (unpaired) electrons. The Bertz CT molecular complexity index is 847. The minimum Gasteiger partial charge on any atom is -0.497 e. The first-order valence-corrected chi connectivity index (χ1v) is 7.85. The molecule has 0 aromatic heterocycles. The second-order valence-electron chi connectivity index (χ2n) is 4.98. The predicted octanol–water partition coefficient (Wildman–Crippen LogP) is 5.25. The minimum atomic E-state index is -0.287. The lowest BCUT2D eigenvalue weighted by Crippen LogP contribution is -2.19. The fourth-order valence-corrected chi connectivity index (χ4v) is 2.80. The number of halogens is 1. The van der Waals surface area contributed by atoms with E-state index in [4.69, 9.17) is 4.74 Å². The SMILES string of the molecule is COc1ccc(NC(=O)Nc2ccc3c(Br)cccc3c2)cc1. The first-order chi connectivity index (χ1) is 11.2. The molecule has 2 N–H and O–H groups in total. The van der Waals surface area contributed by atoms with Crippen LogP contribution in [0.4, 0.5) is 16.2 Å². The van der Waals surface area contributed by atoms with E-state index in [0.29, 0.717) is 5.69 Å². The summed E-state index contributed by atoms with van der Waals surface area (Å²) < 4.78 is 6.12. The van der Waals surface area contributed by atoms with Gasteiger partial charge in [-0.15, -0.1) is 0 Å². The Morgan fingerprint density at radius 2 is 1.65 bits per heavy atom. The maximum atomic E-state index is 12.1. The van der Waals surface area contributed by atoms with E-state index in [2.05, 4.69) is 26.6 Å². The number of carbonyl (C=O) groups excluding carboxylic acids is 1. The average molecular weight is 371 g/mol. The fourth-order valence-electron chi connectivity index (χ4n) is 2.29. The van der Waals surface area contributed by atoms with E-state index in [1.54, 1.807) is 31.4 Å². The number of hydrogen-bond donors (Lipinski definition) is 2. The zero-order chi connectivity index (χ0) is 16.2. The molecule has 0 aliphatic carbocycles. The summed E-state index contributed by atoms with van der Waals surface area (Å²) in [6.07, 6.45) is 0.